The number of nitrogens with zero attached hydrogens (tertiary/aromatic N) is 1. The van der Waals surface area contributed by atoms with Gasteiger partial charge in [-0.05, 0) is 37.0 Å². The number of aromatic hydroxyl groups is 1. The molecule has 1 fully saturated rings. The average molecular weight is 348 g/mol. The van der Waals surface area contributed by atoms with Crippen LogP contribution in [0.2, 0.25) is 0 Å². The molecule has 1 heterocycles. The molecule has 0 aliphatic heterocycles. The molecular formula is C21H20N2O3. The highest BCUT2D eigenvalue weighted by atomic mass is 16.3. The van der Waals surface area contributed by atoms with E-state index in [0.717, 1.165) is 30.5 Å². The summed E-state index contributed by atoms with van der Waals surface area (Å²) in [6, 6.07) is 15.3. The van der Waals surface area contributed by atoms with Crippen LogP contribution in [0.15, 0.2) is 48.5 Å². The second-order valence-electron chi connectivity index (χ2n) is 6.79. The van der Waals surface area contributed by atoms with E-state index in [-0.39, 0.29) is 17.2 Å². The summed E-state index contributed by atoms with van der Waals surface area (Å²) in [5.74, 6) is -1.47. The molecule has 4 rings (SSSR count). The first-order chi connectivity index (χ1) is 12.6. The Morgan fingerprint density at radius 3 is 2.46 bits per heavy atom. The smallest absolute Gasteiger partial charge is 0.289 e. The van der Waals surface area contributed by atoms with Crippen LogP contribution in [0.25, 0.3) is 10.9 Å². The first-order valence-corrected chi connectivity index (χ1v) is 8.80. The number of ketones is 1. The molecule has 1 aromatic heterocycles. The van der Waals surface area contributed by atoms with Gasteiger partial charge in [-0.2, -0.15) is 0 Å². The highest BCUT2D eigenvalue weighted by Gasteiger charge is 2.36. The number of hydrogen-bond acceptors (Lipinski definition) is 3. The van der Waals surface area contributed by atoms with Crippen molar-refractivity contribution in [3.63, 3.8) is 0 Å². The van der Waals surface area contributed by atoms with Gasteiger partial charge in [0.25, 0.3) is 11.7 Å². The second-order valence-corrected chi connectivity index (χ2v) is 6.79. The molecule has 3 N–H and O–H groups in total. The number of hydrogen-bond donors (Lipinski definition) is 2. The normalized spacial score (nSPS) is 13.8. The van der Waals surface area contributed by atoms with Crippen LogP contribution in [0.3, 0.4) is 0 Å². The molecule has 3 aromatic rings. The Hall–Kier alpha value is -3.08. The van der Waals surface area contributed by atoms with Crippen molar-refractivity contribution in [2.24, 2.45) is 5.73 Å². The lowest BCUT2D eigenvalue weighted by atomic mass is 10.0. The van der Waals surface area contributed by atoms with E-state index in [1.165, 1.54) is 5.56 Å². The fourth-order valence-electron chi connectivity index (χ4n) is 3.66. The topological polar surface area (TPSA) is 85.3 Å². The van der Waals surface area contributed by atoms with Crippen molar-refractivity contribution in [2.75, 3.05) is 0 Å². The molecule has 1 aliphatic carbocycles. The van der Waals surface area contributed by atoms with E-state index in [4.69, 9.17) is 5.73 Å². The Morgan fingerprint density at radius 2 is 1.81 bits per heavy atom. The number of primary amides is 1. The van der Waals surface area contributed by atoms with Gasteiger partial charge in [0.15, 0.2) is 0 Å². The molecule has 0 saturated heterocycles. The summed E-state index contributed by atoms with van der Waals surface area (Å²) in [4.78, 5) is 24.2. The van der Waals surface area contributed by atoms with Crippen molar-refractivity contribution in [1.82, 2.24) is 4.57 Å². The number of phenolic OH excluding ortho intramolecular Hbond substituents is 1. The van der Waals surface area contributed by atoms with E-state index in [2.05, 4.69) is 16.7 Å². The Balaban J connectivity index is 1.88. The van der Waals surface area contributed by atoms with Gasteiger partial charge in [-0.25, -0.2) is 0 Å². The van der Waals surface area contributed by atoms with E-state index in [1.54, 1.807) is 12.1 Å². The lowest BCUT2D eigenvalue weighted by Crippen LogP contribution is -2.24. The van der Waals surface area contributed by atoms with Gasteiger partial charge in [0, 0.05) is 18.2 Å². The maximum absolute atomic E-state index is 12.6. The van der Waals surface area contributed by atoms with Crippen molar-refractivity contribution in [1.29, 1.82) is 0 Å². The molecule has 1 amide bonds. The number of aromatic nitrogens is 1. The number of rotatable bonds is 6. The Bertz CT molecular complexity index is 1000. The third-order valence-corrected chi connectivity index (χ3v) is 4.99. The van der Waals surface area contributed by atoms with Gasteiger partial charge in [-0.3, -0.25) is 9.59 Å². The molecule has 1 aliphatic rings. The summed E-state index contributed by atoms with van der Waals surface area (Å²) in [6.07, 6.45) is 2.74. The molecule has 0 atom stereocenters. The first kappa shape index (κ1) is 16.4. The van der Waals surface area contributed by atoms with Crippen LogP contribution in [0.5, 0.6) is 5.75 Å². The van der Waals surface area contributed by atoms with Crippen molar-refractivity contribution < 1.29 is 14.7 Å². The third-order valence-electron chi connectivity index (χ3n) is 4.99. The first-order valence-electron chi connectivity index (χ1n) is 8.80. The van der Waals surface area contributed by atoms with Crippen LogP contribution in [0.4, 0.5) is 0 Å². The molecule has 26 heavy (non-hydrogen) atoms. The van der Waals surface area contributed by atoms with Crippen molar-refractivity contribution in [3.8, 4) is 5.75 Å². The number of amides is 1. The number of Topliss-reactive ketones (excluding diaryl/α,β-unsaturated/α-hetero) is 1. The molecule has 132 valence electrons. The lowest BCUT2D eigenvalue weighted by molar-refractivity contribution is -0.114. The van der Waals surface area contributed by atoms with Crippen molar-refractivity contribution in [2.45, 2.75) is 31.7 Å². The van der Waals surface area contributed by atoms with Gasteiger partial charge in [-0.15, -0.1) is 0 Å². The average Bonchev–Trinajstić information content (AvgIpc) is 3.42. The quantitative estimate of drug-likeness (QED) is 0.530. The summed E-state index contributed by atoms with van der Waals surface area (Å²) >= 11 is 0. The van der Waals surface area contributed by atoms with Gasteiger partial charge >= 0.3 is 0 Å². The minimum Gasteiger partial charge on any atom is -0.507 e. The number of fused-ring (bicyclic) bond motifs is 1. The number of benzene rings is 2. The fraction of sp³-hybridized carbons (Fsp3) is 0.238. The number of aryl methyl sites for hydroxylation is 2. The highest BCUT2D eigenvalue weighted by Crippen LogP contribution is 2.46. The maximum Gasteiger partial charge on any atom is 0.289 e. The zero-order chi connectivity index (χ0) is 18.3. The van der Waals surface area contributed by atoms with Crippen LogP contribution in [0.1, 0.15) is 40.4 Å². The zero-order valence-corrected chi connectivity index (χ0v) is 14.3. The summed E-state index contributed by atoms with van der Waals surface area (Å²) < 4.78 is 2.08. The molecule has 0 unspecified atom stereocenters. The van der Waals surface area contributed by atoms with E-state index in [9.17, 15) is 14.7 Å². The summed E-state index contributed by atoms with van der Waals surface area (Å²) in [5, 5.41) is 10.8. The number of nitrogens with two attached hydrogens (primary N) is 1. The molecular weight excluding hydrogens is 328 g/mol. The van der Waals surface area contributed by atoms with Gasteiger partial charge < -0.3 is 15.4 Å². The third kappa shape index (κ3) is 2.75. The second kappa shape index (κ2) is 6.33. The van der Waals surface area contributed by atoms with E-state index < -0.39 is 11.7 Å². The van der Waals surface area contributed by atoms with Gasteiger partial charge in [0.1, 0.15) is 5.75 Å². The minimum atomic E-state index is -0.989. The summed E-state index contributed by atoms with van der Waals surface area (Å²) in [5.41, 5.74) is 8.37. The molecule has 5 nitrogen and oxygen atoms in total. The van der Waals surface area contributed by atoms with E-state index in [0.29, 0.717) is 11.9 Å². The van der Waals surface area contributed by atoms with Crippen LogP contribution >= 0.6 is 0 Å². The monoisotopic (exact) mass is 348 g/mol. The Morgan fingerprint density at radius 1 is 1.08 bits per heavy atom. The largest absolute Gasteiger partial charge is 0.507 e. The van der Waals surface area contributed by atoms with E-state index >= 15 is 0 Å². The molecule has 0 bridgehead atoms. The zero-order valence-electron chi connectivity index (χ0n) is 14.3. The predicted octanol–water partition coefficient (Wildman–Crippen LogP) is 3.14. The Labute approximate surface area is 151 Å². The molecule has 0 radical (unpaired) electrons. The lowest BCUT2D eigenvalue weighted by Gasteiger charge is -2.11. The van der Waals surface area contributed by atoms with Crippen molar-refractivity contribution in [3.05, 3.63) is 65.4 Å². The number of carbonyl (C=O) groups is 2. The number of carbonyl (C=O) groups excluding carboxylic acids is 2. The maximum atomic E-state index is 12.6. The molecule has 5 heteroatoms. The van der Waals surface area contributed by atoms with Crippen molar-refractivity contribution >= 4 is 22.6 Å². The fourth-order valence-corrected chi connectivity index (χ4v) is 3.66. The molecule has 2 aromatic carbocycles. The SMILES string of the molecule is NC(=O)C(=O)c1c(C2CC2)n(CCc2ccccc2)c2cccc(O)c12. The van der Waals surface area contributed by atoms with E-state index in [1.807, 2.05) is 24.3 Å². The molecule has 1 saturated carbocycles. The highest BCUT2D eigenvalue weighted by molar-refractivity contribution is 6.45. The minimum absolute atomic E-state index is 0.00691. The standard InChI is InChI=1S/C21H20N2O3/c22-21(26)20(25)18-17-15(7-4-8-16(17)24)23(19(18)14-9-10-14)12-11-13-5-2-1-3-6-13/h1-8,14,24H,9-12H2,(H2,22,26). The van der Waals surface area contributed by atoms with Crippen LogP contribution < -0.4 is 5.73 Å². The van der Waals surface area contributed by atoms with Gasteiger partial charge in [0.2, 0.25) is 0 Å². The number of phenols is 1. The summed E-state index contributed by atoms with van der Waals surface area (Å²) in [7, 11) is 0. The van der Waals surface area contributed by atoms with Crippen LogP contribution in [0, 0.1) is 0 Å². The van der Waals surface area contributed by atoms with Crippen LogP contribution in [-0.2, 0) is 17.8 Å². The Kier molecular flexibility index (Phi) is 3.99. The van der Waals surface area contributed by atoms with Gasteiger partial charge in [0.05, 0.1) is 16.5 Å². The predicted molar refractivity (Wildman–Crippen MR) is 99.2 cm³/mol. The van der Waals surface area contributed by atoms with Gasteiger partial charge in [-0.1, -0.05) is 36.4 Å². The summed E-state index contributed by atoms with van der Waals surface area (Å²) in [6.45, 7) is 0.668. The van der Waals surface area contributed by atoms with Crippen LogP contribution in [-0.4, -0.2) is 21.4 Å². The molecule has 0 spiro atoms.